The van der Waals surface area contributed by atoms with Gasteiger partial charge in [0.2, 0.25) is 0 Å². The Bertz CT molecular complexity index is 685. The number of carbonyl (C=O) groups excluding carboxylic acids is 1. The van der Waals surface area contributed by atoms with Crippen molar-refractivity contribution in [3.63, 3.8) is 0 Å². The van der Waals surface area contributed by atoms with Gasteiger partial charge < -0.3 is 5.32 Å². The molecule has 1 aromatic carbocycles. The summed E-state index contributed by atoms with van der Waals surface area (Å²) < 4.78 is 22.8. The van der Waals surface area contributed by atoms with Crippen molar-refractivity contribution in [1.82, 2.24) is 5.32 Å². The van der Waals surface area contributed by atoms with Crippen LogP contribution < -0.4 is 5.32 Å². The van der Waals surface area contributed by atoms with E-state index in [1.54, 1.807) is 0 Å². The first kappa shape index (κ1) is 15.9. The first-order valence-corrected chi connectivity index (χ1v) is 8.83. The van der Waals surface area contributed by atoms with Crippen molar-refractivity contribution >= 4 is 48.8 Å². The van der Waals surface area contributed by atoms with Gasteiger partial charge in [0.1, 0.15) is 4.90 Å². The first-order valence-electron chi connectivity index (χ1n) is 5.77. The minimum atomic E-state index is -4.07. The van der Waals surface area contributed by atoms with Crippen molar-refractivity contribution in [2.75, 3.05) is 0 Å². The Morgan fingerprint density at radius 1 is 1.35 bits per heavy atom. The van der Waals surface area contributed by atoms with Crippen LogP contribution in [0.3, 0.4) is 0 Å². The maximum atomic E-state index is 12.1. The molecule has 1 aromatic rings. The quantitative estimate of drug-likeness (QED) is 0.844. The van der Waals surface area contributed by atoms with E-state index in [0.29, 0.717) is 0 Å². The molecule has 20 heavy (non-hydrogen) atoms. The van der Waals surface area contributed by atoms with E-state index in [-0.39, 0.29) is 32.0 Å². The highest BCUT2D eigenvalue weighted by Crippen LogP contribution is 2.44. The van der Waals surface area contributed by atoms with Gasteiger partial charge in [-0.15, -0.1) is 0 Å². The van der Waals surface area contributed by atoms with Gasteiger partial charge in [-0.1, -0.05) is 37.0 Å². The summed E-state index contributed by atoms with van der Waals surface area (Å²) in [6, 6.07) is 2.52. The Balaban J connectivity index is 2.34. The standard InChI is InChI=1S/C12H12Cl3NO3S/c1-12(2)5-9(12)16-11(17)6-3-7(13)10(14)8(4-6)20(15,18)19/h3-4,9H,5H2,1-2H3,(H,16,17). The summed E-state index contributed by atoms with van der Waals surface area (Å²) >= 11 is 11.6. The van der Waals surface area contributed by atoms with Crippen LogP contribution >= 0.6 is 33.9 Å². The zero-order valence-electron chi connectivity index (χ0n) is 10.7. The van der Waals surface area contributed by atoms with E-state index in [1.807, 2.05) is 13.8 Å². The molecule has 1 unspecified atom stereocenters. The molecule has 110 valence electrons. The summed E-state index contributed by atoms with van der Waals surface area (Å²) in [5, 5.41) is 2.58. The van der Waals surface area contributed by atoms with E-state index < -0.39 is 15.0 Å². The van der Waals surface area contributed by atoms with Crippen LogP contribution in [0.25, 0.3) is 0 Å². The van der Waals surface area contributed by atoms with Crippen molar-refractivity contribution in [2.24, 2.45) is 5.41 Å². The molecule has 0 bridgehead atoms. The number of hydrogen-bond acceptors (Lipinski definition) is 3. The summed E-state index contributed by atoms with van der Waals surface area (Å²) in [5.41, 5.74) is 0.175. The van der Waals surface area contributed by atoms with E-state index in [9.17, 15) is 13.2 Å². The molecule has 0 heterocycles. The maximum Gasteiger partial charge on any atom is 0.262 e. The molecule has 0 saturated heterocycles. The van der Waals surface area contributed by atoms with E-state index >= 15 is 0 Å². The molecule has 2 rings (SSSR count). The molecular weight excluding hydrogens is 345 g/mol. The Morgan fingerprint density at radius 3 is 2.35 bits per heavy atom. The number of hydrogen-bond donors (Lipinski definition) is 1. The van der Waals surface area contributed by atoms with Gasteiger partial charge in [-0.25, -0.2) is 8.42 Å². The molecule has 1 aliphatic rings. The highest BCUT2D eigenvalue weighted by atomic mass is 35.7. The molecule has 0 aliphatic heterocycles. The van der Waals surface area contributed by atoms with Crippen molar-refractivity contribution in [1.29, 1.82) is 0 Å². The zero-order valence-corrected chi connectivity index (χ0v) is 13.8. The molecule has 1 N–H and O–H groups in total. The monoisotopic (exact) mass is 355 g/mol. The van der Waals surface area contributed by atoms with E-state index in [0.717, 1.165) is 12.5 Å². The lowest BCUT2D eigenvalue weighted by atomic mass is 10.1. The second kappa shape index (κ2) is 5.05. The Morgan fingerprint density at radius 2 is 1.90 bits per heavy atom. The number of nitrogens with one attached hydrogen (secondary N) is 1. The maximum absolute atomic E-state index is 12.1. The molecular formula is C12H12Cl3NO3S. The molecule has 0 radical (unpaired) electrons. The Kier molecular flexibility index (Phi) is 4.02. The lowest BCUT2D eigenvalue weighted by molar-refractivity contribution is 0.0946. The van der Waals surface area contributed by atoms with Crippen molar-refractivity contribution in [3.8, 4) is 0 Å². The first-order chi connectivity index (χ1) is 9.02. The predicted octanol–water partition coefficient (Wildman–Crippen LogP) is 3.45. The van der Waals surface area contributed by atoms with Gasteiger partial charge in [0.25, 0.3) is 15.0 Å². The van der Waals surface area contributed by atoms with Gasteiger partial charge in [0.15, 0.2) is 0 Å². The number of rotatable bonds is 3. The third-order valence-corrected chi connectivity index (χ3v) is 5.60. The zero-order chi connectivity index (χ0) is 15.3. The average molecular weight is 357 g/mol. The average Bonchev–Trinajstić information content (AvgIpc) is 2.87. The molecule has 1 amide bonds. The fourth-order valence-electron chi connectivity index (χ4n) is 1.83. The SMILES string of the molecule is CC1(C)CC1NC(=O)c1cc(Cl)c(Cl)c(S(=O)(=O)Cl)c1. The molecule has 1 aliphatic carbocycles. The third kappa shape index (κ3) is 3.22. The largest absolute Gasteiger partial charge is 0.349 e. The molecule has 4 nitrogen and oxygen atoms in total. The minimum absolute atomic E-state index is 0.0337. The smallest absolute Gasteiger partial charge is 0.262 e. The molecule has 0 spiro atoms. The van der Waals surface area contributed by atoms with Crippen LogP contribution in [0.2, 0.25) is 10.0 Å². The normalized spacial score (nSPS) is 20.6. The molecule has 1 atom stereocenters. The van der Waals surface area contributed by atoms with Crippen LogP contribution in [0.15, 0.2) is 17.0 Å². The van der Waals surface area contributed by atoms with Crippen LogP contribution in [-0.2, 0) is 9.05 Å². The second-order valence-corrected chi connectivity index (χ2v) is 8.75. The van der Waals surface area contributed by atoms with Crippen molar-refractivity contribution in [2.45, 2.75) is 31.2 Å². The van der Waals surface area contributed by atoms with Gasteiger partial charge in [0.05, 0.1) is 10.0 Å². The molecule has 8 heteroatoms. The summed E-state index contributed by atoms with van der Waals surface area (Å²) in [5.74, 6) is -0.402. The molecule has 1 saturated carbocycles. The number of halogens is 3. The summed E-state index contributed by atoms with van der Waals surface area (Å²) in [4.78, 5) is 11.7. The van der Waals surface area contributed by atoms with Crippen LogP contribution in [0.1, 0.15) is 30.6 Å². The van der Waals surface area contributed by atoms with Crippen LogP contribution in [0.5, 0.6) is 0 Å². The van der Waals surface area contributed by atoms with Crippen molar-refractivity contribution in [3.05, 3.63) is 27.7 Å². The third-order valence-electron chi connectivity index (χ3n) is 3.34. The highest BCUT2D eigenvalue weighted by molar-refractivity contribution is 8.13. The fraction of sp³-hybridized carbons (Fsp3) is 0.417. The number of benzene rings is 1. The molecule has 1 fully saturated rings. The predicted molar refractivity (Wildman–Crippen MR) is 79.2 cm³/mol. The van der Waals surface area contributed by atoms with Crippen LogP contribution in [-0.4, -0.2) is 20.4 Å². The highest BCUT2D eigenvalue weighted by Gasteiger charge is 2.46. The second-order valence-electron chi connectivity index (χ2n) is 5.43. The lowest BCUT2D eigenvalue weighted by Crippen LogP contribution is -2.28. The van der Waals surface area contributed by atoms with Gasteiger partial charge in [-0.05, 0) is 24.0 Å². The Labute approximate surface area is 131 Å². The fourth-order valence-corrected chi connectivity index (χ4v) is 3.59. The van der Waals surface area contributed by atoms with Gasteiger partial charge in [-0.3, -0.25) is 4.79 Å². The van der Waals surface area contributed by atoms with Crippen LogP contribution in [0.4, 0.5) is 0 Å². The summed E-state index contributed by atoms with van der Waals surface area (Å²) in [6.45, 7) is 4.06. The summed E-state index contributed by atoms with van der Waals surface area (Å²) in [6.07, 6.45) is 0.876. The van der Waals surface area contributed by atoms with Crippen molar-refractivity contribution < 1.29 is 13.2 Å². The van der Waals surface area contributed by atoms with Crippen LogP contribution in [0, 0.1) is 5.41 Å². The van der Waals surface area contributed by atoms with Gasteiger partial charge in [0, 0.05) is 22.3 Å². The van der Waals surface area contributed by atoms with Gasteiger partial charge >= 0.3 is 0 Å². The van der Waals surface area contributed by atoms with E-state index in [2.05, 4.69) is 5.32 Å². The summed E-state index contributed by atoms with van der Waals surface area (Å²) in [7, 11) is 1.20. The lowest BCUT2D eigenvalue weighted by Gasteiger charge is -2.09. The molecule has 0 aromatic heterocycles. The van der Waals surface area contributed by atoms with Gasteiger partial charge in [-0.2, -0.15) is 0 Å². The number of carbonyl (C=O) groups is 1. The topological polar surface area (TPSA) is 63.2 Å². The minimum Gasteiger partial charge on any atom is -0.349 e. The number of amides is 1. The van der Waals surface area contributed by atoms with E-state index in [4.69, 9.17) is 33.9 Å². The van der Waals surface area contributed by atoms with E-state index in [1.165, 1.54) is 6.07 Å². The Hall–Kier alpha value is -0.490.